The van der Waals surface area contributed by atoms with Crippen molar-refractivity contribution in [3.8, 4) is 5.75 Å². The van der Waals surface area contributed by atoms with Crippen LogP contribution in [0.25, 0.3) is 0 Å². The maximum atomic E-state index is 5.94. The minimum atomic E-state index is 0.0220. The Balaban J connectivity index is 2.31. The Morgan fingerprint density at radius 2 is 2.16 bits per heavy atom. The largest absolute Gasteiger partial charge is 0.494 e. The molecule has 1 atom stereocenters. The number of benzene rings is 1. The molecule has 0 bridgehead atoms. The van der Waals surface area contributed by atoms with Gasteiger partial charge in [-0.3, -0.25) is 4.68 Å². The molecule has 0 aliphatic heterocycles. The number of rotatable bonds is 5. The highest BCUT2D eigenvalue weighted by Gasteiger charge is 2.08. The quantitative estimate of drug-likeness (QED) is 0.898. The Labute approximate surface area is 114 Å². The van der Waals surface area contributed by atoms with Crippen molar-refractivity contribution in [2.24, 2.45) is 5.73 Å². The first-order chi connectivity index (χ1) is 9.10. The van der Waals surface area contributed by atoms with Gasteiger partial charge in [0.15, 0.2) is 0 Å². The standard InChI is InChI=1S/C15H21N3O/c1-4-19-15-6-5-13(12(3)16)9-14(15)10-18-8-7-11(2)17-18/h5-9,12H,4,10,16H2,1-3H3. The van der Waals surface area contributed by atoms with Crippen molar-refractivity contribution in [3.05, 3.63) is 47.3 Å². The van der Waals surface area contributed by atoms with Gasteiger partial charge in [-0.05, 0) is 44.5 Å². The topological polar surface area (TPSA) is 53.1 Å². The second-order valence-electron chi connectivity index (χ2n) is 4.74. The van der Waals surface area contributed by atoms with Crippen LogP contribution in [0.1, 0.15) is 36.7 Å². The number of aromatic nitrogens is 2. The highest BCUT2D eigenvalue weighted by atomic mass is 16.5. The molecule has 1 heterocycles. The molecule has 0 fully saturated rings. The summed E-state index contributed by atoms with van der Waals surface area (Å²) in [6.45, 7) is 7.31. The summed E-state index contributed by atoms with van der Waals surface area (Å²) in [5.74, 6) is 0.903. The van der Waals surface area contributed by atoms with Crippen LogP contribution < -0.4 is 10.5 Å². The van der Waals surface area contributed by atoms with Crippen LogP contribution in [0.3, 0.4) is 0 Å². The number of nitrogens with two attached hydrogens (primary N) is 1. The lowest BCUT2D eigenvalue weighted by molar-refractivity contribution is 0.335. The molecule has 0 aliphatic carbocycles. The Hall–Kier alpha value is -1.81. The van der Waals surface area contributed by atoms with Crippen LogP contribution in [0.4, 0.5) is 0 Å². The fourth-order valence-corrected chi connectivity index (χ4v) is 2.03. The summed E-state index contributed by atoms with van der Waals surface area (Å²) in [6.07, 6.45) is 1.98. The first-order valence-electron chi connectivity index (χ1n) is 6.61. The van der Waals surface area contributed by atoms with Gasteiger partial charge in [0, 0.05) is 17.8 Å². The lowest BCUT2D eigenvalue weighted by Gasteiger charge is -2.14. The van der Waals surface area contributed by atoms with Gasteiger partial charge in [0.2, 0.25) is 0 Å². The van der Waals surface area contributed by atoms with E-state index in [2.05, 4.69) is 11.2 Å². The van der Waals surface area contributed by atoms with Gasteiger partial charge >= 0.3 is 0 Å². The molecular formula is C15H21N3O. The molecule has 1 unspecified atom stereocenters. The van der Waals surface area contributed by atoms with Gasteiger partial charge < -0.3 is 10.5 Å². The Kier molecular flexibility index (Phi) is 4.22. The van der Waals surface area contributed by atoms with Gasteiger partial charge in [-0.1, -0.05) is 6.07 Å². The van der Waals surface area contributed by atoms with E-state index in [0.717, 1.165) is 22.6 Å². The van der Waals surface area contributed by atoms with Crippen LogP contribution in [0.5, 0.6) is 5.75 Å². The smallest absolute Gasteiger partial charge is 0.124 e. The Morgan fingerprint density at radius 3 is 2.74 bits per heavy atom. The van der Waals surface area contributed by atoms with E-state index in [4.69, 9.17) is 10.5 Å². The highest BCUT2D eigenvalue weighted by Crippen LogP contribution is 2.23. The molecule has 0 saturated carbocycles. The normalized spacial score (nSPS) is 12.4. The van der Waals surface area contributed by atoms with Crippen molar-refractivity contribution >= 4 is 0 Å². The molecule has 1 aromatic heterocycles. The molecular weight excluding hydrogens is 238 g/mol. The first-order valence-corrected chi connectivity index (χ1v) is 6.61. The SMILES string of the molecule is CCOc1ccc(C(C)N)cc1Cn1ccc(C)n1. The van der Waals surface area contributed by atoms with Crippen LogP contribution in [0, 0.1) is 6.92 Å². The fourth-order valence-electron chi connectivity index (χ4n) is 2.03. The van der Waals surface area contributed by atoms with Crippen LogP contribution >= 0.6 is 0 Å². The molecule has 102 valence electrons. The van der Waals surface area contributed by atoms with E-state index in [1.165, 1.54) is 0 Å². The summed E-state index contributed by atoms with van der Waals surface area (Å²) in [4.78, 5) is 0. The molecule has 0 spiro atoms. The zero-order chi connectivity index (χ0) is 13.8. The van der Waals surface area contributed by atoms with Gasteiger partial charge in [0.1, 0.15) is 5.75 Å². The maximum absolute atomic E-state index is 5.94. The van der Waals surface area contributed by atoms with E-state index in [9.17, 15) is 0 Å². The van der Waals surface area contributed by atoms with E-state index in [0.29, 0.717) is 13.2 Å². The van der Waals surface area contributed by atoms with Crippen LogP contribution in [0.15, 0.2) is 30.5 Å². The van der Waals surface area contributed by atoms with Crippen molar-refractivity contribution in [2.75, 3.05) is 6.61 Å². The maximum Gasteiger partial charge on any atom is 0.124 e. The fraction of sp³-hybridized carbons (Fsp3) is 0.400. The summed E-state index contributed by atoms with van der Waals surface area (Å²) in [5.41, 5.74) is 9.18. The minimum Gasteiger partial charge on any atom is -0.494 e. The summed E-state index contributed by atoms with van der Waals surface area (Å²) in [5, 5.41) is 4.41. The molecule has 2 N–H and O–H groups in total. The van der Waals surface area contributed by atoms with E-state index in [1.807, 2.05) is 49.8 Å². The van der Waals surface area contributed by atoms with Gasteiger partial charge in [-0.25, -0.2) is 0 Å². The minimum absolute atomic E-state index is 0.0220. The van der Waals surface area contributed by atoms with Crippen molar-refractivity contribution in [3.63, 3.8) is 0 Å². The van der Waals surface area contributed by atoms with Crippen LogP contribution in [-0.4, -0.2) is 16.4 Å². The summed E-state index contributed by atoms with van der Waals surface area (Å²) in [6, 6.07) is 8.14. The number of aryl methyl sites for hydroxylation is 1. The first kappa shape index (κ1) is 13.6. The van der Waals surface area contributed by atoms with Gasteiger partial charge in [-0.15, -0.1) is 0 Å². The molecule has 19 heavy (non-hydrogen) atoms. The summed E-state index contributed by atoms with van der Waals surface area (Å²) < 4.78 is 7.58. The molecule has 2 aromatic rings. The average Bonchev–Trinajstić information content (AvgIpc) is 2.77. The van der Waals surface area contributed by atoms with E-state index < -0.39 is 0 Å². The third kappa shape index (κ3) is 3.35. The zero-order valence-electron chi connectivity index (χ0n) is 11.8. The molecule has 0 aliphatic rings. The number of nitrogens with zero attached hydrogens (tertiary/aromatic N) is 2. The van der Waals surface area contributed by atoms with Gasteiger partial charge in [0.05, 0.1) is 18.8 Å². The summed E-state index contributed by atoms with van der Waals surface area (Å²) in [7, 11) is 0. The highest BCUT2D eigenvalue weighted by molar-refractivity contribution is 5.38. The third-order valence-corrected chi connectivity index (χ3v) is 3.02. The van der Waals surface area contributed by atoms with E-state index in [1.54, 1.807) is 0 Å². The number of ether oxygens (including phenoxy) is 1. The van der Waals surface area contributed by atoms with Crippen LogP contribution in [-0.2, 0) is 6.54 Å². The molecule has 0 saturated heterocycles. The van der Waals surface area contributed by atoms with Crippen molar-refractivity contribution in [1.29, 1.82) is 0 Å². The van der Waals surface area contributed by atoms with Gasteiger partial charge in [-0.2, -0.15) is 5.10 Å². The number of hydrogen-bond donors (Lipinski definition) is 1. The molecule has 1 aromatic carbocycles. The van der Waals surface area contributed by atoms with Crippen molar-refractivity contribution in [1.82, 2.24) is 9.78 Å². The number of hydrogen-bond acceptors (Lipinski definition) is 3. The average molecular weight is 259 g/mol. The zero-order valence-corrected chi connectivity index (χ0v) is 11.8. The Bertz CT molecular complexity index is 546. The second kappa shape index (κ2) is 5.89. The third-order valence-electron chi connectivity index (χ3n) is 3.02. The van der Waals surface area contributed by atoms with Crippen LogP contribution in [0.2, 0.25) is 0 Å². The van der Waals surface area contributed by atoms with Crippen molar-refractivity contribution < 1.29 is 4.74 Å². The van der Waals surface area contributed by atoms with E-state index >= 15 is 0 Å². The second-order valence-corrected chi connectivity index (χ2v) is 4.74. The monoisotopic (exact) mass is 259 g/mol. The lowest BCUT2D eigenvalue weighted by Crippen LogP contribution is -2.08. The predicted octanol–water partition coefficient (Wildman–Crippen LogP) is 2.66. The van der Waals surface area contributed by atoms with Gasteiger partial charge in [0.25, 0.3) is 0 Å². The summed E-state index contributed by atoms with van der Waals surface area (Å²) >= 11 is 0. The van der Waals surface area contributed by atoms with Crippen molar-refractivity contribution in [2.45, 2.75) is 33.4 Å². The molecule has 2 rings (SSSR count). The van der Waals surface area contributed by atoms with E-state index in [-0.39, 0.29) is 6.04 Å². The lowest BCUT2D eigenvalue weighted by atomic mass is 10.0. The molecule has 0 amide bonds. The predicted molar refractivity (Wildman–Crippen MR) is 76.3 cm³/mol. The molecule has 0 radical (unpaired) electrons. The molecule has 4 nitrogen and oxygen atoms in total. The molecule has 4 heteroatoms. The Morgan fingerprint density at radius 1 is 1.37 bits per heavy atom.